The van der Waals surface area contributed by atoms with E-state index in [1.54, 1.807) is 0 Å². The molecule has 0 radical (unpaired) electrons. The molecule has 1 aromatic carbocycles. The van der Waals surface area contributed by atoms with Gasteiger partial charge >= 0.3 is 0 Å². The molecule has 18 heavy (non-hydrogen) atoms. The molecule has 0 unspecified atom stereocenters. The lowest BCUT2D eigenvalue weighted by molar-refractivity contribution is 1.09. The summed E-state index contributed by atoms with van der Waals surface area (Å²) in [6.07, 6.45) is 1.25. The fraction of sp³-hybridized carbons (Fsp3) is 0.647. The van der Waals surface area contributed by atoms with Crippen LogP contribution in [0.5, 0.6) is 0 Å². The van der Waals surface area contributed by atoms with E-state index in [-0.39, 0.29) is 14.9 Å². The highest BCUT2D eigenvalue weighted by Crippen LogP contribution is 2.21. The zero-order valence-corrected chi connectivity index (χ0v) is 12.4. The number of nitrogens with zero attached hydrogens (tertiary/aromatic N) is 1. The maximum atomic E-state index is 2.16. The van der Waals surface area contributed by atoms with Gasteiger partial charge in [0, 0.05) is 19.8 Å². The highest BCUT2D eigenvalue weighted by molar-refractivity contribution is 5.57. The second-order valence-corrected chi connectivity index (χ2v) is 3.84. The summed E-state index contributed by atoms with van der Waals surface area (Å²) in [6, 6.07) is 6.38. The molecule has 0 atom stereocenters. The van der Waals surface area contributed by atoms with E-state index < -0.39 is 0 Å². The molecule has 0 aliphatic heterocycles. The van der Waals surface area contributed by atoms with Gasteiger partial charge in [0.25, 0.3) is 0 Å². The van der Waals surface area contributed by atoms with E-state index in [2.05, 4.69) is 64.9 Å². The Morgan fingerprint density at radius 1 is 0.889 bits per heavy atom. The van der Waals surface area contributed by atoms with E-state index in [4.69, 9.17) is 0 Å². The van der Waals surface area contributed by atoms with Crippen LogP contribution in [0.25, 0.3) is 0 Å². The Hall–Kier alpha value is -0.980. The van der Waals surface area contributed by atoms with Crippen molar-refractivity contribution < 1.29 is 0 Å². The van der Waals surface area contributed by atoms with Gasteiger partial charge in [-0.1, -0.05) is 67.2 Å². The number of anilines is 1. The monoisotopic (exact) mass is 255 g/mol. The van der Waals surface area contributed by atoms with Gasteiger partial charge in [0.05, 0.1) is 0 Å². The largest absolute Gasteiger partial charge is 0.377 e. The van der Waals surface area contributed by atoms with Crippen molar-refractivity contribution in [3.05, 3.63) is 29.3 Å². The Labute approximate surface area is 117 Å². The zero-order valence-electron chi connectivity index (χ0n) is 12.4. The van der Waals surface area contributed by atoms with E-state index in [1.807, 2.05) is 13.8 Å². The predicted octanol–water partition coefficient (Wildman–Crippen LogP) is 6.08. The number of aryl methyl sites for hydroxylation is 2. The topological polar surface area (TPSA) is 3.24 Å². The molecular formula is C17H37N. The SMILES string of the molecule is C.C.CC.CCC.Cc1cccc(C)c1N(C)C. The van der Waals surface area contributed by atoms with Gasteiger partial charge < -0.3 is 4.90 Å². The van der Waals surface area contributed by atoms with E-state index in [0.29, 0.717) is 0 Å². The van der Waals surface area contributed by atoms with Crippen LogP contribution in [0.15, 0.2) is 18.2 Å². The second-order valence-electron chi connectivity index (χ2n) is 3.84. The Balaban J connectivity index is -0.000000124. The van der Waals surface area contributed by atoms with Crippen LogP contribution in [-0.4, -0.2) is 14.1 Å². The van der Waals surface area contributed by atoms with E-state index >= 15 is 0 Å². The van der Waals surface area contributed by atoms with Crippen LogP contribution >= 0.6 is 0 Å². The maximum Gasteiger partial charge on any atom is 0.0420 e. The summed E-state index contributed by atoms with van der Waals surface area (Å²) in [5.41, 5.74) is 4.03. The summed E-state index contributed by atoms with van der Waals surface area (Å²) in [5.74, 6) is 0. The number of benzene rings is 1. The summed E-state index contributed by atoms with van der Waals surface area (Å²) >= 11 is 0. The van der Waals surface area contributed by atoms with Crippen molar-refractivity contribution in [3.8, 4) is 0 Å². The standard InChI is InChI=1S/C10H15N.C3H8.C2H6.2CH4/c1-8-6-5-7-9(2)10(8)11(3)4;1-3-2;1-2;;/h5-7H,1-4H3;3H2,1-2H3;1-2H3;2*1H4. The van der Waals surface area contributed by atoms with Gasteiger partial charge in [-0.05, 0) is 25.0 Å². The molecule has 0 aliphatic rings. The minimum absolute atomic E-state index is 0. The van der Waals surface area contributed by atoms with E-state index in [9.17, 15) is 0 Å². The average molecular weight is 255 g/mol. The molecule has 0 saturated carbocycles. The molecule has 1 heteroatoms. The van der Waals surface area contributed by atoms with Crippen LogP contribution in [-0.2, 0) is 0 Å². The lowest BCUT2D eigenvalue weighted by Crippen LogP contribution is -2.11. The van der Waals surface area contributed by atoms with Crippen LogP contribution in [0.1, 0.15) is 60.1 Å². The Morgan fingerprint density at radius 3 is 1.33 bits per heavy atom. The lowest BCUT2D eigenvalue weighted by Gasteiger charge is -2.17. The number of hydrogen-bond acceptors (Lipinski definition) is 1. The first-order chi connectivity index (χ1) is 7.54. The molecule has 0 bridgehead atoms. The van der Waals surface area contributed by atoms with Crippen molar-refractivity contribution in [2.75, 3.05) is 19.0 Å². The summed E-state index contributed by atoms with van der Waals surface area (Å²) in [5, 5.41) is 0. The fourth-order valence-electron chi connectivity index (χ4n) is 1.51. The van der Waals surface area contributed by atoms with Gasteiger partial charge in [-0.15, -0.1) is 0 Å². The van der Waals surface area contributed by atoms with Crippen LogP contribution in [0.2, 0.25) is 0 Å². The molecule has 0 fully saturated rings. The zero-order chi connectivity index (χ0) is 13.1. The van der Waals surface area contributed by atoms with Crippen molar-refractivity contribution in [2.45, 2.75) is 62.8 Å². The van der Waals surface area contributed by atoms with Crippen molar-refractivity contribution >= 4 is 5.69 Å². The normalized spacial score (nSPS) is 7.33. The van der Waals surface area contributed by atoms with Gasteiger partial charge in [-0.2, -0.15) is 0 Å². The quantitative estimate of drug-likeness (QED) is 0.587. The molecular weight excluding hydrogens is 218 g/mol. The molecule has 1 nitrogen and oxygen atoms in total. The third-order valence-corrected chi connectivity index (χ3v) is 1.89. The summed E-state index contributed by atoms with van der Waals surface area (Å²) < 4.78 is 0. The van der Waals surface area contributed by atoms with Crippen LogP contribution < -0.4 is 4.90 Å². The highest BCUT2D eigenvalue weighted by Gasteiger charge is 2.01. The van der Waals surface area contributed by atoms with Crippen molar-refractivity contribution in [2.24, 2.45) is 0 Å². The first kappa shape index (κ1) is 25.8. The first-order valence-electron chi connectivity index (χ1n) is 6.28. The minimum Gasteiger partial charge on any atom is -0.377 e. The first-order valence-corrected chi connectivity index (χ1v) is 6.28. The maximum absolute atomic E-state index is 2.16. The number of hydrogen-bond donors (Lipinski definition) is 0. The third kappa shape index (κ3) is 10.2. The Kier molecular flexibility index (Phi) is 22.9. The molecule has 110 valence electrons. The number of rotatable bonds is 1. The smallest absolute Gasteiger partial charge is 0.0420 e. The molecule has 0 heterocycles. The lowest BCUT2D eigenvalue weighted by atomic mass is 10.1. The Bertz CT molecular complexity index is 244. The third-order valence-electron chi connectivity index (χ3n) is 1.89. The minimum atomic E-state index is 0. The van der Waals surface area contributed by atoms with Gasteiger partial charge in [0.2, 0.25) is 0 Å². The molecule has 0 spiro atoms. The van der Waals surface area contributed by atoms with Crippen LogP contribution in [0.3, 0.4) is 0 Å². The van der Waals surface area contributed by atoms with Gasteiger partial charge in [0.15, 0.2) is 0 Å². The van der Waals surface area contributed by atoms with Crippen molar-refractivity contribution in [1.82, 2.24) is 0 Å². The van der Waals surface area contributed by atoms with Crippen LogP contribution in [0.4, 0.5) is 5.69 Å². The highest BCUT2D eigenvalue weighted by atomic mass is 15.1. The van der Waals surface area contributed by atoms with Crippen molar-refractivity contribution in [3.63, 3.8) is 0 Å². The molecule has 0 aromatic heterocycles. The predicted molar refractivity (Wildman–Crippen MR) is 91.0 cm³/mol. The van der Waals surface area contributed by atoms with Gasteiger partial charge in [-0.25, -0.2) is 0 Å². The van der Waals surface area contributed by atoms with Crippen molar-refractivity contribution in [1.29, 1.82) is 0 Å². The summed E-state index contributed by atoms with van der Waals surface area (Å²) in [7, 11) is 4.16. The summed E-state index contributed by atoms with van der Waals surface area (Å²) in [4.78, 5) is 2.16. The Morgan fingerprint density at radius 2 is 1.17 bits per heavy atom. The molecule has 0 aliphatic carbocycles. The molecule has 0 amide bonds. The van der Waals surface area contributed by atoms with E-state index in [0.717, 1.165) is 0 Å². The average Bonchev–Trinajstić information content (AvgIpc) is 2.21. The molecule has 0 saturated heterocycles. The summed E-state index contributed by atoms with van der Waals surface area (Å²) in [6.45, 7) is 12.5. The molecule has 0 N–H and O–H groups in total. The fourth-order valence-corrected chi connectivity index (χ4v) is 1.51. The second kappa shape index (κ2) is 16.0. The van der Waals surface area contributed by atoms with Crippen LogP contribution in [0, 0.1) is 13.8 Å². The molecule has 1 rings (SSSR count). The van der Waals surface area contributed by atoms with E-state index in [1.165, 1.54) is 23.2 Å². The molecule has 1 aromatic rings. The van der Waals surface area contributed by atoms with Gasteiger partial charge in [-0.3, -0.25) is 0 Å². The van der Waals surface area contributed by atoms with Gasteiger partial charge in [0.1, 0.15) is 0 Å². The number of para-hydroxylation sites is 1.